The second-order valence-electron chi connectivity index (χ2n) is 5.44. The highest BCUT2D eigenvalue weighted by molar-refractivity contribution is 8.00. The predicted octanol–water partition coefficient (Wildman–Crippen LogP) is 2.70. The van der Waals surface area contributed by atoms with Crippen LogP contribution in [0.1, 0.15) is 33.6 Å². The van der Waals surface area contributed by atoms with Crippen molar-refractivity contribution in [3.8, 4) is 0 Å². The first-order chi connectivity index (χ1) is 10.4. The van der Waals surface area contributed by atoms with Crippen molar-refractivity contribution < 1.29 is 13.2 Å². The molecule has 2 rings (SSSR count). The zero-order chi connectivity index (χ0) is 16.4. The third kappa shape index (κ3) is 2.89. The van der Waals surface area contributed by atoms with Crippen LogP contribution in [0.2, 0.25) is 0 Å². The molecule has 0 spiro atoms. The fourth-order valence-electron chi connectivity index (χ4n) is 2.86. The second-order valence-corrected chi connectivity index (χ2v) is 8.23. The monoisotopic (exact) mass is 342 g/mol. The van der Waals surface area contributed by atoms with Crippen LogP contribution in [0.15, 0.2) is 35.2 Å². The summed E-state index contributed by atoms with van der Waals surface area (Å²) in [5, 5.41) is 0. The molecule has 1 atom stereocenters. The van der Waals surface area contributed by atoms with E-state index in [1.54, 1.807) is 13.8 Å². The molecule has 22 heavy (non-hydrogen) atoms. The van der Waals surface area contributed by atoms with Gasteiger partial charge in [0.2, 0.25) is 0 Å². The Morgan fingerprint density at radius 2 is 1.82 bits per heavy atom. The van der Waals surface area contributed by atoms with Crippen LogP contribution < -0.4 is 0 Å². The van der Waals surface area contributed by atoms with Crippen molar-refractivity contribution in [1.82, 2.24) is 8.61 Å². The molecule has 0 saturated carbocycles. The number of rotatable bonds is 6. The van der Waals surface area contributed by atoms with Gasteiger partial charge in [-0.05, 0) is 25.5 Å². The number of hydrogen-bond acceptors (Lipinski definition) is 4. The van der Waals surface area contributed by atoms with Crippen molar-refractivity contribution in [3.63, 3.8) is 0 Å². The highest BCUT2D eigenvalue weighted by atomic mass is 32.2. The standard InChI is InChI=1S/C15H22N2O3S2/c1-4-11-15(3)14(18)16(22(19,20)17(15)5-2)12-21-13-9-7-6-8-10-13/h6-10H,4-5,11-12H2,1-3H3. The van der Waals surface area contributed by atoms with E-state index < -0.39 is 15.7 Å². The van der Waals surface area contributed by atoms with Gasteiger partial charge in [-0.15, -0.1) is 11.8 Å². The molecular formula is C15H22N2O3S2. The Hall–Kier alpha value is -1.05. The minimum absolute atomic E-state index is 0.112. The van der Waals surface area contributed by atoms with E-state index in [0.29, 0.717) is 13.0 Å². The van der Waals surface area contributed by atoms with Gasteiger partial charge < -0.3 is 0 Å². The molecule has 7 heteroatoms. The van der Waals surface area contributed by atoms with Gasteiger partial charge in [-0.3, -0.25) is 4.79 Å². The van der Waals surface area contributed by atoms with Gasteiger partial charge in [-0.25, -0.2) is 4.31 Å². The zero-order valence-electron chi connectivity index (χ0n) is 13.2. The van der Waals surface area contributed by atoms with Gasteiger partial charge in [0.05, 0.1) is 5.88 Å². The van der Waals surface area contributed by atoms with Crippen LogP contribution in [0.4, 0.5) is 0 Å². The molecule has 0 aliphatic carbocycles. The molecule has 122 valence electrons. The molecule has 1 fully saturated rings. The highest BCUT2D eigenvalue weighted by Gasteiger charge is 2.57. The summed E-state index contributed by atoms with van der Waals surface area (Å²) in [5.41, 5.74) is -0.959. The van der Waals surface area contributed by atoms with E-state index in [0.717, 1.165) is 15.6 Å². The van der Waals surface area contributed by atoms with Crippen LogP contribution in [0.25, 0.3) is 0 Å². The van der Waals surface area contributed by atoms with Crippen LogP contribution in [0, 0.1) is 0 Å². The summed E-state index contributed by atoms with van der Waals surface area (Å²) in [5.74, 6) is -0.208. The number of amides is 1. The topological polar surface area (TPSA) is 57.7 Å². The fraction of sp³-hybridized carbons (Fsp3) is 0.533. The van der Waals surface area contributed by atoms with E-state index in [4.69, 9.17) is 0 Å². The van der Waals surface area contributed by atoms with Crippen LogP contribution in [0.5, 0.6) is 0 Å². The van der Waals surface area contributed by atoms with Gasteiger partial charge in [0.25, 0.3) is 5.91 Å². The Labute approximate surface area is 136 Å². The first kappa shape index (κ1) is 17.3. The highest BCUT2D eigenvalue weighted by Crippen LogP contribution is 2.37. The molecule has 1 heterocycles. The lowest BCUT2D eigenvalue weighted by Gasteiger charge is -2.28. The lowest BCUT2D eigenvalue weighted by molar-refractivity contribution is -0.132. The summed E-state index contributed by atoms with van der Waals surface area (Å²) in [4.78, 5) is 13.7. The van der Waals surface area contributed by atoms with E-state index in [-0.39, 0.29) is 11.8 Å². The Morgan fingerprint density at radius 3 is 2.36 bits per heavy atom. The number of hydrogen-bond donors (Lipinski definition) is 0. The quantitative estimate of drug-likeness (QED) is 0.746. The number of likely N-dealkylation sites (N-methyl/N-ethyl adjacent to an activating group) is 1. The Morgan fingerprint density at radius 1 is 1.18 bits per heavy atom. The number of nitrogens with zero attached hydrogens (tertiary/aromatic N) is 2. The maximum Gasteiger partial charge on any atom is 0.308 e. The van der Waals surface area contributed by atoms with Crippen molar-refractivity contribution in [3.05, 3.63) is 30.3 Å². The molecule has 0 radical (unpaired) electrons. The van der Waals surface area contributed by atoms with Gasteiger partial charge >= 0.3 is 10.2 Å². The van der Waals surface area contributed by atoms with Crippen molar-refractivity contribution >= 4 is 27.9 Å². The van der Waals surface area contributed by atoms with E-state index in [1.165, 1.54) is 16.1 Å². The summed E-state index contributed by atoms with van der Waals surface area (Å²) < 4.78 is 27.7. The summed E-state index contributed by atoms with van der Waals surface area (Å²) in [6.07, 6.45) is 1.29. The van der Waals surface area contributed by atoms with E-state index >= 15 is 0 Å². The molecular weight excluding hydrogens is 320 g/mol. The molecule has 1 aliphatic heterocycles. The van der Waals surface area contributed by atoms with Crippen molar-refractivity contribution in [2.24, 2.45) is 0 Å². The first-order valence-electron chi connectivity index (χ1n) is 7.40. The number of thioether (sulfide) groups is 1. The number of carbonyl (C=O) groups excluding carboxylic acids is 1. The lowest BCUT2D eigenvalue weighted by atomic mass is 9.95. The molecule has 1 aromatic rings. The molecule has 1 unspecified atom stereocenters. The number of carbonyl (C=O) groups is 1. The third-order valence-corrected chi connectivity index (χ3v) is 7.14. The Balaban J connectivity index is 2.26. The predicted molar refractivity (Wildman–Crippen MR) is 88.6 cm³/mol. The van der Waals surface area contributed by atoms with Crippen LogP contribution in [-0.2, 0) is 15.0 Å². The summed E-state index contributed by atoms with van der Waals surface area (Å²) >= 11 is 1.35. The lowest BCUT2D eigenvalue weighted by Crippen LogP contribution is -2.46. The average molecular weight is 342 g/mol. The molecule has 1 aromatic carbocycles. The molecule has 1 aliphatic rings. The van der Waals surface area contributed by atoms with Crippen molar-refractivity contribution in [1.29, 1.82) is 0 Å². The van der Waals surface area contributed by atoms with Crippen molar-refractivity contribution in [2.45, 2.75) is 44.0 Å². The SMILES string of the molecule is CCCC1(C)C(=O)N(CSc2ccccc2)S(=O)(=O)N1CC. The van der Waals surface area contributed by atoms with Gasteiger partial charge in [0, 0.05) is 11.4 Å². The molecule has 1 saturated heterocycles. The summed E-state index contributed by atoms with van der Waals surface area (Å²) in [6, 6.07) is 9.49. The van der Waals surface area contributed by atoms with Crippen LogP contribution in [0.3, 0.4) is 0 Å². The summed E-state index contributed by atoms with van der Waals surface area (Å²) in [7, 11) is -3.73. The first-order valence-corrected chi connectivity index (χ1v) is 9.79. The normalized spacial score (nSPS) is 24.9. The van der Waals surface area contributed by atoms with E-state index in [2.05, 4.69) is 0 Å². The molecule has 0 bridgehead atoms. The maximum atomic E-state index is 12.7. The summed E-state index contributed by atoms with van der Waals surface area (Å²) in [6.45, 7) is 5.76. The fourth-order valence-corrected chi connectivity index (χ4v) is 5.93. The van der Waals surface area contributed by atoms with Crippen LogP contribution >= 0.6 is 11.8 Å². The minimum atomic E-state index is -3.73. The van der Waals surface area contributed by atoms with Gasteiger partial charge in [-0.2, -0.15) is 12.7 Å². The van der Waals surface area contributed by atoms with Crippen molar-refractivity contribution in [2.75, 3.05) is 12.4 Å². The van der Waals surface area contributed by atoms with E-state index in [9.17, 15) is 13.2 Å². The molecule has 0 N–H and O–H groups in total. The molecule has 5 nitrogen and oxygen atoms in total. The molecule has 0 aromatic heterocycles. The van der Waals surface area contributed by atoms with E-state index in [1.807, 2.05) is 37.3 Å². The Kier molecular flexibility index (Phi) is 5.19. The van der Waals surface area contributed by atoms with Gasteiger partial charge in [-0.1, -0.05) is 38.5 Å². The third-order valence-electron chi connectivity index (χ3n) is 3.91. The average Bonchev–Trinajstić information content (AvgIpc) is 2.62. The van der Waals surface area contributed by atoms with Gasteiger partial charge in [0.1, 0.15) is 5.54 Å². The zero-order valence-corrected chi connectivity index (χ0v) is 14.8. The largest absolute Gasteiger partial charge is 0.308 e. The smallest absolute Gasteiger partial charge is 0.272 e. The number of benzene rings is 1. The second kappa shape index (κ2) is 6.60. The molecule has 1 amide bonds. The minimum Gasteiger partial charge on any atom is -0.272 e. The Bertz CT molecular complexity index is 633. The van der Waals surface area contributed by atoms with Gasteiger partial charge in [0.15, 0.2) is 0 Å². The maximum absolute atomic E-state index is 12.7. The van der Waals surface area contributed by atoms with Crippen LogP contribution in [-0.4, -0.2) is 40.9 Å².